The lowest BCUT2D eigenvalue weighted by atomic mass is 10.1. The lowest BCUT2D eigenvalue weighted by Gasteiger charge is -2.22. The van der Waals surface area contributed by atoms with Crippen LogP contribution in [0.2, 0.25) is 0 Å². The van der Waals surface area contributed by atoms with E-state index in [-0.39, 0.29) is 5.91 Å². The molecule has 0 N–H and O–H groups in total. The van der Waals surface area contributed by atoms with Gasteiger partial charge in [0.2, 0.25) is 0 Å². The minimum absolute atomic E-state index is 0.109. The molecule has 0 unspecified atom stereocenters. The average molecular weight is 266 g/mol. The highest BCUT2D eigenvalue weighted by Crippen LogP contribution is 2.29. The van der Waals surface area contributed by atoms with Gasteiger partial charge in [-0.3, -0.25) is 9.78 Å². The summed E-state index contributed by atoms with van der Waals surface area (Å²) in [7, 11) is 0. The first-order valence-electron chi connectivity index (χ1n) is 7.01. The Morgan fingerprint density at radius 1 is 1.20 bits per heavy atom. The molecule has 3 heteroatoms. The summed E-state index contributed by atoms with van der Waals surface area (Å²) in [6.45, 7) is 2.62. The molecule has 1 aliphatic rings. The zero-order chi connectivity index (χ0) is 13.9. The van der Waals surface area contributed by atoms with E-state index < -0.39 is 0 Å². The molecule has 20 heavy (non-hydrogen) atoms. The van der Waals surface area contributed by atoms with Crippen LogP contribution in [-0.2, 0) is 6.54 Å². The van der Waals surface area contributed by atoms with E-state index in [0.717, 1.165) is 24.1 Å². The van der Waals surface area contributed by atoms with Crippen molar-refractivity contribution < 1.29 is 4.79 Å². The first-order chi connectivity index (χ1) is 9.74. The van der Waals surface area contributed by atoms with E-state index >= 15 is 0 Å². The molecular formula is C17H18N2O. The Hall–Kier alpha value is -2.16. The molecule has 1 fully saturated rings. The second-order valence-corrected chi connectivity index (χ2v) is 5.35. The van der Waals surface area contributed by atoms with Crippen molar-refractivity contribution in [2.24, 2.45) is 0 Å². The monoisotopic (exact) mass is 266 g/mol. The van der Waals surface area contributed by atoms with E-state index in [1.807, 2.05) is 54.3 Å². The molecule has 1 heterocycles. The number of benzene rings is 1. The van der Waals surface area contributed by atoms with Crippen LogP contribution in [0.15, 0.2) is 48.7 Å². The third-order valence-electron chi connectivity index (χ3n) is 3.61. The van der Waals surface area contributed by atoms with Gasteiger partial charge in [0, 0.05) is 17.8 Å². The number of hydrogen-bond acceptors (Lipinski definition) is 2. The number of amides is 1. The fourth-order valence-electron chi connectivity index (χ4n) is 2.28. The summed E-state index contributed by atoms with van der Waals surface area (Å²) in [6.07, 6.45) is 3.98. The number of nitrogens with zero attached hydrogens (tertiary/aromatic N) is 2. The second kappa shape index (κ2) is 5.45. The van der Waals surface area contributed by atoms with Crippen LogP contribution in [0.3, 0.4) is 0 Å². The zero-order valence-electron chi connectivity index (χ0n) is 11.6. The van der Waals surface area contributed by atoms with Crippen molar-refractivity contribution in [2.45, 2.75) is 32.4 Å². The van der Waals surface area contributed by atoms with Gasteiger partial charge in [-0.1, -0.05) is 23.8 Å². The standard InChI is InChI=1S/C17H18N2O/c1-13-5-7-14(8-6-13)17(20)19(16-9-10-16)12-15-4-2-3-11-18-15/h2-8,11,16H,9-10,12H2,1H3. The van der Waals surface area contributed by atoms with Crippen LogP contribution < -0.4 is 0 Å². The fraction of sp³-hybridized carbons (Fsp3) is 0.294. The Labute approximate surface area is 119 Å². The Bertz CT molecular complexity index is 588. The third-order valence-corrected chi connectivity index (χ3v) is 3.61. The maximum atomic E-state index is 12.6. The van der Waals surface area contributed by atoms with Crippen LogP contribution in [0, 0.1) is 6.92 Å². The first kappa shape index (κ1) is 12.9. The molecule has 1 aliphatic carbocycles. The first-order valence-corrected chi connectivity index (χ1v) is 7.01. The number of carbonyl (C=O) groups excluding carboxylic acids is 1. The van der Waals surface area contributed by atoms with Crippen molar-refractivity contribution in [2.75, 3.05) is 0 Å². The lowest BCUT2D eigenvalue weighted by Crippen LogP contribution is -2.32. The van der Waals surface area contributed by atoms with Crippen molar-refractivity contribution in [1.82, 2.24) is 9.88 Å². The van der Waals surface area contributed by atoms with Crippen molar-refractivity contribution >= 4 is 5.91 Å². The molecule has 0 bridgehead atoms. The molecule has 0 saturated heterocycles. The number of hydrogen-bond donors (Lipinski definition) is 0. The van der Waals surface area contributed by atoms with Gasteiger partial charge in [-0.25, -0.2) is 0 Å². The fourth-order valence-corrected chi connectivity index (χ4v) is 2.28. The summed E-state index contributed by atoms with van der Waals surface area (Å²) in [5, 5.41) is 0. The highest BCUT2D eigenvalue weighted by Gasteiger charge is 2.33. The van der Waals surface area contributed by atoms with Crippen LogP contribution in [0.25, 0.3) is 0 Å². The summed E-state index contributed by atoms with van der Waals surface area (Å²) in [5.41, 5.74) is 2.88. The van der Waals surface area contributed by atoms with Gasteiger partial charge >= 0.3 is 0 Å². The molecule has 0 aliphatic heterocycles. The molecule has 3 nitrogen and oxygen atoms in total. The molecule has 0 atom stereocenters. The molecule has 3 rings (SSSR count). The van der Waals surface area contributed by atoms with Gasteiger partial charge in [-0.2, -0.15) is 0 Å². The highest BCUT2D eigenvalue weighted by atomic mass is 16.2. The summed E-state index contributed by atoms with van der Waals surface area (Å²) >= 11 is 0. The number of pyridine rings is 1. The largest absolute Gasteiger partial charge is 0.330 e. The van der Waals surface area contributed by atoms with Gasteiger partial charge in [-0.05, 0) is 44.0 Å². The summed E-state index contributed by atoms with van der Waals surface area (Å²) < 4.78 is 0. The molecule has 1 aromatic carbocycles. The SMILES string of the molecule is Cc1ccc(C(=O)N(Cc2ccccn2)C2CC2)cc1. The topological polar surface area (TPSA) is 33.2 Å². The smallest absolute Gasteiger partial charge is 0.254 e. The third kappa shape index (κ3) is 2.87. The van der Waals surface area contributed by atoms with Crippen LogP contribution in [-0.4, -0.2) is 21.8 Å². The predicted molar refractivity (Wildman–Crippen MR) is 78.3 cm³/mol. The quantitative estimate of drug-likeness (QED) is 0.851. The predicted octanol–water partition coefficient (Wildman–Crippen LogP) is 3.19. The van der Waals surface area contributed by atoms with Crippen LogP contribution in [0.4, 0.5) is 0 Å². The van der Waals surface area contributed by atoms with Gasteiger partial charge in [0.05, 0.1) is 12.2 Å². The zero-order valence-corrected chi connectivity index (χ0v) is 11.6. The molecular weight excluding hydrogens is 248 g/mol. The van der Waals surface area contributed by atoms with Crippen molar-refractivity contribution in [3.8, 4) is 0 Å². The van der Waals surface area contributed by atoms with Gasteiger partial charge in [0.1, 0.15) is 0 Å². The second-order valence-electron chi connectivity index (χ2n) is 5.35. The summed E-state index contributed by atoms with van der Waals surface area (Å²) in [4.78, 5) is 18.9. The van der Waals surface area contributed by atoms with Gasteiger partial charge < -0.3 is 4.90 Å². The Kier molecular flexibility index (Phi) is 3.50. The summed E-state index contributed by atoms with van der Waals surface area (Å²) in [6, 6.07) is 14.0. The molecule has 0 radical (unpaired) electrons. The van der Waals surface area contributed by atoms with Crippen molar-refractivity contribution in [3.63, 3.8) is 0 Å². The number of carbonyl (C=O) groups is 1. The van der Waals surface area contributed by atoms with Gasteiger partial charge in [0.15, 0.2) is 0 Å². The van der Waals surface area contributed by atoms with E-state index in [1.54, 1.807) is 6.20 Å². The normalized spacial score (nSPS) is 14.1. The Morgan fingerprint density at radius 3 is 2.55 bits per heavy atom. The van der Waals surface area contributed by atoms with E-state index in [4.69, 9.17) is 0 Å². The number of aryl methyl sites for hydroxylation is 1. The molecule has 1 amide bonds. The average Bonchev–Trinajstić information content (AvgIpc) is 3.30. The Balaban J connectivity index is 1.80. The number of aromatic nitrogens is 1. The van der Waals surface area contributed by atoms with E-state index in [0.29, 0.717) is 12.6 Å². The molecule has 1 saturated carbocycles. The molecule has 0 spiro atoms. The Morgan fingerprint density at radius 2 is 1.95 bits per heavy atom. The van der Waals surface area contributed by atoms with E-state index in [1.165, 1.54) is 5.56 Å². The summed E-state index contributed by atoms with van der Waals surface area (Å²) in [5.74, 6) is 0.109. The van der Waals surface area contributed by atoms with Crippen molar-refractivity contribution in [3.05, 3.63) is 65.5 Å². The minimum atomic E-state index is 0.109. The van der Waals surface area contributed by atoms with Crippen molar-refractivity contribution in [1.29, 1.82) is 0 Å². The molecule has 2 aromatic rings. The van der Waals surface area contributed by atoms with E-state index in [9.17, 15) is 4.79 Å². The maximum Gasteiger partial charge on any atom is 0.254 e. The van der Waals surface area contributed by atoms with Crippen LogP contribution >= 0.6 is 0 Å². The molecule has 102 valence electrons. The lowest BCUT2D eigenvalue weighted by molar-refractivity contribution is 0.0728. The highest BCUT2D eigenvalue weighted by molar-refractivity contribution is 5.94. The van der Waals surface area contributed by atoms with Gasteiger partial charge in [0.25, 0.3) is 5.91 Å². The van der Waals surface area contributed by atoms with Crippen LogP contribution in [0.1, 0.15) is 34.5 Å². The maximum absolute atomic E-state index is 12.6. The molecule has 1 aromatic heterocycles. The van der Waals surface area contributed by atoms with Crippen LogP contribution in [0.5, 0.6) is 0 Å². The number of rotatable bonds is 4. The van der Waals surface area contributed by atoms with E-state index in [2.05, 4.69) is 4.98 Å². The minimum Gasteiger partial charge on any atom is -0.330 e. The van der Waals surface area contributed by atoms with Gasteiger partial charge in [-0.15, -0.1) is 0 Å².